The molecule has 1 saturated heterocycles. The van der Waals surface area contributed by atoms with E-state index in [1.807, 2.05) is 0 Å². The van der Waals surface area contributed by atoms with Gasteiger partial charge >= 0.3 is 0 Å². The van der Waals surface area contributed by atoms with Crippen LogP contribution in [0, 0.1) is 0 Å². The Morgan fingerprint density at radius 2 is 2.06 bits per heavy atom. The van der Waals surface area contributed by atoms with Crippen molar-refractivity contribution in [1.29, 1.82) is 0 Å². The smallest absolute Gasteiger partial charge is 0.0753 e. The molecule has 0 amide bonds. The summed E-state index contributed by atoms with van der Waals surface area (Å²) in [4.78, 5) is 2.48. The van der Waals surface area contributed by atoms with Gasteiger partial charge in [-0.25, -0.2) is 0 Å². The molecule has 0 saturated carbocycles. The fourth-order valence-corrected chi connectivity index (χ4v) is 2.27. The molecule has 0 aromatic carbocycles. The van der Waals surface area contributed by atoms with Gasteiger partial charge in [-0.2, -0.15) is 0 Å². The number of rotatable bonds is 5. The Hall–Kier alpha value is -0.160. The fraction of sp³-hybridized carbons (Fsp3) is 1.00. The zero-order chi connectivity index (χ0) is 13.8. The quantitative estimate of drug-likeness (QED) is 0.810. The summed E-state index contributed by atoms with van der Waals surface area (Å²) in [7, 11) is 1.77. The third kappa shape index (κ3) is 5.65. The average Bonchev–Trinajstić information content (AvgIpc) is 2.21. The van der Waals surface area contributed by atoms with E-state index in [0.29, 0.717) is 6.04 Å². The number of methoxy groups -OCH3 is 1. The summed E-state index contributed by atoms with van der Waals surface area (Å²) in [5.41, 5.74) is 0.0970. The van der Waals surface area contributed by atoms with Gasteiger partial charge in [-0.05, 0) is 34.6 Å². The first kappa shape index (κ1) is 15.9. The lowest BCUT2D eigenvalue weighted by Gasteiger charge is -2.42. The van der Waals surface area contributed by atoms with Crippen LogP contribution < -0.4 is 5.32 Å². The first-order valence-corrected chi connectivity index (χ1v) is 6.85. The molecule has 1 aliphatic heterocycles. The topological polar surface area (TPSA) is 33.7 Å². The third-order valence-electron chi connectivity index (χ3n) is 3.20. The van der Waals surface area contributed by atoms with Gasteiger partial charge in [0.1, 0.15) is 0 Å². The molecule has 1 atom stereocenters. The van der Waals surface area contributed by atoms with Gasteiger partial charge in [0, 0.05) is 38.3 Å². The number of morpholine rings is 1. The molecule has 1 N–H and O–H groups in total. The highest BCUT2D eigenvalue weighted by Crippen LogP contribution is 2.18. The van der Waals surface area contributed by atoms with Crippen LogP contribution >= 0.6 is 0 Å². The van der Waals surface area contributed by atoms with Crippen LogP contribution in [0.5, 0.6) is 0 Å². The monoisotopic (exact) mass is 258 g/mol. The molecular weight excluding hydrogens is 228 g/mol. The van der Waals surface area contributed by atoms with E-state index in [1.54, 1.807) is 7.11 Å². The van der Waals surface area contributed by atoms with Crippen LogP contribution in [0.2, 0.25) is 0 Å². The maximum absolute atomic E-state index is 5.77. The highest BCUT2D eigenvalue weighted by atomic mass is 16.5. The Balaban J connectivity index is 2.55. The summed E-state index contributed by atoms with van der Waals surface area (Å²) < 4.78 is 11.1. The minimum absolute atomic E-state index is 0.0496. The van der Waals surface area contributed by atoms with Crippen molar-refractivity contribution in [2.75, 3.05) is 40.0 Å². The van der Waals surface area contributed by atoms with Crippen molar-refractivity contribution in [2.45, 2.75) is 51.8 Å². The van der Waals surface area contributed by atoms with Crippen LogP contribution in [-0.2, 0) is 9.47 Å². The standard InChI is InChI=1S/C14H30N2O2/c1-13(2,3)15-9-12(10-17-6)16-7-8-18-14(4,5)11-16/h12,15H,7-11H2,1-6H3. The summed E-state index contributed by atoms with van der Waals surface area (Å²) in [6, 6.07) is 0.414. The summed E-state index contributed by atoms with van der Waals surface area (Å²) in [5.74, 6) is 0. The Bertz CT molecular complexity index is 249. The van der Waals surface area contributed by atoms with Crippen molar-refractivity contribution in [1.82, 2.24) is 10.2 Å². The molecule has 0 radical (unpaired) electrons. The molecule has 1 fully saturated rings. The zero-order valence-electron chi connectivity index (χ0n) is 12.9. The van der Waals surface area contributed by atoms with Gasteiger partial charge in [-0.3, -0.25) is 4.90 Å². The van der Waals surface area contributed by atoms with Crippen LogP contribution in [0.15, 0.2) is 0 Å². The molecule has 108 valence electrons. The SMILES string of the molecule is COCC(CNC(C)(C)C)N1CCOC(C)(C)C1. The van der Waals surface area contributed by atoms with Crippen LogP contribution in [0.25, 0.3) is 0 Å². The predicted octanol–water partition coefficient (Wildman–Crippen LogP) is 1.50. The molecule has 1 heterocycles. The molecule has 1 unspecified atom stereocenters. The van der Waals surface area contributed by atoms with E-state index >= 15 is 0 Å². The lowest BCUT2D eigenvalue weighted by Crippen LogP contribution is -2.57. The second-order valence-electron chi connectivity index (χ2n) is 6.82. The van der Waals surface area contributed by atoms with Crippen LogP contribution in [0.4, 0.5) is 0 Å². The van der Waals surface area contributed by atoms with Crippen molar-refractivity contribution in [2.24, 2.45) is 0 Å². The number of nitrogens with zero attached hydrogens (tertiary/aromatic N) is 1. The van der Waals surface area contributed by atoms with Crippen LogP contribution in [0.1, 0.15) is 34.6 Å². The Morgan fingerprint density at radius 3 is 2.56 bits per heavy atom. The Labute approximate surface area is 112 Å². The van der Waals surface area contributed by atoms with Gasteiger partial charge in [0.25, 0.3) is 0 Å². The molecule has 0 aromatic rings. The highest BCUT2D eigenvalue weighted by Gasteiger charge is 2.31. The first-order valence-electron chi connectivity index (χ1n) is 6.85. The van der Waals surface area contributed by atoms with E-state index in [0.717, 1.165) is 32.8 Å². The van der Waals surface area contributed by atoms with Gasteiger partial charge in [0.2, 0.25) is 0 Å². The third-order valence-corrected chi connectivity index (χ3v) is 3.20. The Kier molecular flexibility index (Phi) is 5.59. The minimum atomic E-state index is -0.0496. The maximum Gasteiger partial charge on any atom is 0.0753 e. The highest BCUT2D eigenvalue weighted by molar-refractivity contribution is 4.86. The average molecular weight is 258 g/mol. The molecule has 0 bridgehead atoms. The van der Waals surface area contributed by atoms with Crippen molar-refractivity contribution in [3.8, 4) is 0 Å². The molecule has 4 heteroatoms. The predicted molar refractivity (Wildman–Crippen MR) is 75.0 cm³/mol. The van der Waals surface area contributed by atoms with Gasteiger partial charge in [-0.15, -0.1) is 0 Å². The van der Waals surface area contributed by atoms with Crippen molar-refractivity contribution in [3.05, 3.63) is 0 Å². The van der Waals surface area contributed by atoms with E-state index in [4.69, 9.17) is 9.47 Å². The molecule has 4 nitrogen and oxygen atoms in total. The summed E-state index contributed by atoms with van der Waals surface area (Å²) in [6.45, 7) is 15.4. The van der Waals surface area contributed by atoms with E-state index in [2.05, 4.69) is 44.8 Å². The number of hydrogen-bond donors (Lipinski definition) is 1. The van der Waals surface area contributed by atoms with Crippen LogP contribution in [-0.4, -0.2) is 62.0 Å². The molecule has 0 aromatic heterocycles. The molecule has 0 spiro atoms. The van der Waals surface area contributed by atoms with E-state index in [9.17, 15) is 0 Å². The number of hydrogen-bond acceptors (Lipinski definition) is 4. The van der Waals surface area contributed by atoms with Gasteiger partial charge in [0.05, 0.1) is 18.8 Å². The summed E-state index contributed by atoms with van der Waals surface area (Å²) in [5, 5.41) is 3.57. The van der Waals surface area contributed by atoms with Gasteiger partial charge < -0.3 is 14.8 Å². The van der Waals surface area contributed by atoms with E-state index in [-0.39, 0.29) is 11.1 Å². The summed E-state index contributed by atoms with van der Waals surface area (Å²) >= 11 is 0. The normalized spacial score (nSPS) is 23.0. The maximum atomic E-state index is 5.77. The number of ether oxygens (including phenoxy) is 2. The largest absolute Gasteiger partial charge is 0.383 e. The lowest BCUT2D eigenvalue weighted by molar-refractivity contribution is -0.103. The Morgan fingerprint density at radius 1 is 1.39 bits per heavy atom. The van der Waals surface area contributed by atoms with Gasteiger partial charge in [0.15, 0.2) is 0 Å². The fourth-order valence-electron chi connectivity index (χ4n) is 2.27. The van der Waals surface area contributed by atoms with Crippen molar-refractivity contribution < 1.29 is 9.47 Å². The van der Waals surface area contributed by atoms with Gasteiger partial charge in [-0.1, -0.05) is 0 Å². The second-order valence-corrected chi connectivity index (χ2v) is 6.82. The van der Waals surface area contributed by atoms with Crippen LogP contribution in [0.3, 0.4) is 0 Å². The molecule has 0 aliphatic carbocycles. The van der Waals surface area contributed by atoms with E-state index < -0.39 is 0 Å². The summed E-state index contributed by atoms with van der Waals surface area (Å²) in [6.07, 6.45) is 0. The van der Waals surface area contributed by atoms with Crippen molar-refractivity contribution in [3.63, 3.8) is 0 Å². The molecule has 1 rings (SSSR count). The molecular formula is C14H30N2O2. The lowest BCUT2D eigenvalue weighted by atomic mass is 10.0. The zero-order valence-corrected chi connectivity index (χ0v) is 12.9. The first-order chi connectivity index (χ1) is 8.23. The van der Waals surface area contributed by atoms with Crippen molar-refractivity contribution >= 4 is 0 Å². The molecule has 18 heavy (non-hydrogen) atoms. The second kappa shape index (κ2) is 6.33. The number of nitrogens with one attached hydrogen (secondary N) is 1. The van der Waals surface area contributed by atoms with E-state index in [1.165, 1.54) is 0 Å². The minimum Gasteiger partial charge on any atom is -0.383 e. The molecule has 1 aliphatic rings.